The van der Waals surface area contributed by atoms with E-state index in [1.165, 1.54) is 0 Å². The fourth-order valence-electron chi connectivity index (χ4n) is 2.45. The molecule has 2 nitrogen and oxygen atoms in total. The monoisotopic (exact) mass is 281 g/mol. The standard InChI is InChI=1S/C19H23NO/c1-3-5-15-20(16-11-7-6-8-12-16)18-14-10-9-13-17(18)19(21)4-2/h6-14H,3-5,15H2,1-2H3. The zero-order valence-corrected chi connectivity index (χ0v) is 12.9. The minimum atomic E-state index is 0.197. The van der Waals surface area contributed by atoms with Crippen molar-refractivity contribution in [1.29, 1.82) is 0 Å². The molecule has 110 valence electrons. The van der Waals surface area contributed by atoms with Gasteiger partial charge in [0, 0.05) is 24.2 Å². The number of nitrogens with zero attached hydrogens (tertiary/aromatic N) is 1. The summed E-state index contributed by atoms with van der Waals surface area (Å²) in [6.45, 7) is 5.03. The first-order valence-corrected chi connectivity index (χ1v) is 7.72. The third kappa shape index (κ3) is 3.72. The van der Waals surface area contributed by atoms with Gasteiger partial charge in [-0.15, -0.1) is 0 Å². The minimum Gasteiger partial charge on any atom is -0.341 e. The fourth-order valence-corrected chi connectivity index (χ4v) is 2.45. The molecule has 0 heterocycles. The summed E-state index contributed by atoms with van der Waals surface area (Å²) in [7, 11) is 0. The van der Waals surface area contributed by atoms with E-state index in [0.717, 1.165) is 36.3 Å². The highest BCUT2D eigenvalue weighted by molar-refractivity contribution is 6.01. The second-order valence-corrected chi connectivity index (χ2v) is 5.13. The summed E-state index contributed by atoms with van der Waals surface area (Å²) in [5, 5.41) is 0. The number of unbranched alkanes of at least 4 members (excludes halogenated alkanes) is 1. The molecule has 21 heavy (non-hydrogen) atoms. The number of carbonyl (C=O) groups is 1. The summed E-state index contributed by atoms with van der Waals surface area (Å²) < 4.78 is 0. The number of carbonyl (C=O) groups excluding carboxylic acids is 1. The lowest BCUT2D eigenvalue weighted by Gasteiger charge is -2.27. The first-order valence-electron chi connectivity index (χ1n) is 7.72. The van der Waals surface area contributed by atoms with Crippen LogP contribution in [0.15, 0.2) is 54.6 Å². The van der Waals surface area contributed by atoms with Crippen LogP contribution in [0.3, 0.4) is 0 Å². The van der Waals surface area contributed by atoms with Crippen molar-refractivity contribution in [1.82, 2.24) is 0 Å². The van der Waals surface area contributed by atoms with Crippen molar-refractivity contribution in [3.8, 4) is 0 Å². The van der Waals surface area contributed by atoms with Gasteiger partial charge in [0.25, 0.3) is 0 Å². The second kappa shape index (κ2) is 7.63. The smallest absolute Gasteiger partial charge is 0.164 e. The van der Waals surface area contributed by atoms with E-state index < -0.39 is 0 Å². The van der Waals surface area contributed by atoms with Crippen molar-refractivity contribution in [3.05, 3.63) is 60.2 Å². The van der Waals surface area contributed by atoms with Crippen molar-refractivity contribution < 1.29 is 4.79 Å². The largest absolute Gasteiger partial charge is 0.341 e. The van der Waals surface area contributed by atoms with E-state index in [1.54, 1.807) is 0 Å². The Morgan fingerprint density at radius 2 is 1.62 bits per heavy atom. The Hall–Kier alpha value is -2.09. The molecule has 0 bridgehead atoms. The average Bonchev–Trinajstić information content (AvgIpc) is 2.56. The molecule has 0 radical (unpaired) electrons. The van der Waals surface area contributed by atoms with Crippen molar-refractivity contribution in [2.45, 2.75) is 33.1 Å². The maximum Gasteiger partial charge on any atom is 0.164 e. The number of hydrogen-bond donors (Lipinski definition) is 0. The average molecular weight is 281 g/mol. The Morgan fingerprint density at radius 1 is 0.952 bits per heavy atom. The van der Waals surface area contributed by atoms with Gasteiger partial charge in [-0.3, -0.25) is 4.79 Å². The molecule has 2 heteroatoms. The number of rotatable bonds is 7. The van der Waals surface area contributed by atoms with Gasteiger partial charge in [0.15, 0.2) is 5.78 Å². The molecule has 0 unspecified atom stereocenters. The summed E-state index contributed by atoms with van der Waals surface area (Å²) in [6, 6.07) is 18.2. The molecule has 0 aliphatic rings. The molecule has 0 saturated heterocycles. The maximum atomic E-state index is 12.2. The predicted molar refractivity (Wildman–Crippen MR) is 89.4 cm³/mol. The molecular weight excluding hydrogens is 258 g/mol. The first-order chi connectivity index (χ1) is 10.3. The van der Waals surface area contributed by atoms with Crippen LogP contribution >= 0.6 is 0 Å². The van der Waals surface area contributed by atoms with Gasteiger partial charge in [0.1, 0.15) is 0 Å². The van der Waals surface area contributed by atoms with E-state index >= 15 is 0 Å². The summed E-state index contributed by atoms with van der Waals surface area (Å²) in [4.78, 5) is 14.5. The molecule has 0 spiro atoms. The van der Waals surface area contributed by atoms with Gasteiger partial charge in [0.05, 0.1) is 5.69 Å². The van der Waals surface area contributed by atoms with Crippen molar-refractivity contribution in [3.63, 3.8) is 0 Å². The van der Waals surface area contributed by atoms with Crippen LogP contribution in [0.5, 0.6) is 0 Å². The summed E-state index contributed by atoms with van der Waals surface area (Å²) in [6.07, 6.45) is 2.77. The molecule has 0 amide bonds. The Morgan fingerprint density at radius 3 is 2.29 bits per heavy atom. The van der Waals surface area contributed by atoms with Gasteiger partial charge < -0.3 is 4.90 Å². The highest BCUT2D eigenvalue weighted by Gasteiger charge is 2.16. The molecule has 0 N–H and O–H groups in total. The zero-order chi connectivity index (χ0) is 15.1. The highest BCUT2D eigenvalue weighted by Crippen LogP contribution is 2.29. The zero-order valence-electron chi connectivity index (χ0n) is 12.9. The highest BCUT2D eigenvalue weighted by atomic mass is 16.1. The van der Waals surface area contributed by atoms with Crippen LogP contribution in [-0.2, 0) is 0 Å². The van der Waals surface area contributed by atoms with Gasteiger partial charge in [-0.05, 0) is 30.7 Å². The third-order valence-electron chi connectivity index (χ3n) is 3.62. The SMILES string of the molecule is CCCCN(c1ccccc1)c1ccccc1C(=O)CC. The lowest BCUT2D eigenvalue weighted by Crippen LogP contribution is -2.20. The van der Waals surface area contributed by atoms with Crippen LogP contribution in [0, 0.1) is 0 Å². The number of hydrogen-bond acceptors (Lipinski definition) is 2. The Bertz CT molecular complexity index is 577. The van der Waals surface area contributed by atoms with Crippen LogP contribution in [0.1, 0.15) is 43.5 Å². The van der Waals surface area contributed by atoms with Crippen molar-refractivity contribution >= 4 is 17.2 Å². The van der Waals surface area contributed by atoms with Crippen LogP contribution in [0.2, 0.25) is 0 Å². The molecule has 0 fully saturated rings. The molecule has 2 aromatic rings. The number of ketones is 1. The molecule has 0 atom stereocenters. The lowest BCUT2D eigenvalue weighted by atomic mass is 10.0. The molecule has 0 aliphatic heterocycles. The second-order valence-electron chi connectivity index (χ2n) is 5.13. The predicted octanol–water partition coefficient (Wildman–Crippen LogP) is 5.22. The van der Waals surface area contributed by atoms with E-state index in [2.05, 4.69) is 24.0 Å². The van der Waals surface area contributed by atoms with Gasteiger partial charge >= 0.3 is 0 Å². The molecule has 0 aliphatic carbocycles. The summed E-state index contributed by atoms with van der Waals surface area (Å²) in [5.74, 6) is 0.197. The first kappa shape index (κ1) is 15.3. The summed E-state index contributed by atoms with van der Waals surface area (Å²) in [5.41, 5.74) is 2.98. The Kier molecular flexibility index (Phi) is 5.56. The van der Waals surface area contributed by atoms with Gasteiger partial charge in [-0.2, -0.15) is 0 Å². The van der Waals surface area contributed by atoms with E-state index in [1.807, 2.05) is 49.4 Å². The Labute approximate surface area is 127 Å². The van der Waals surface area contributed by atoms with E-state index in [4.69, 9.17) is 0 Å². The summed E-state index contributed by atoms with van der Waals surface area (Å²) >= 11 is 0. The van der Waals surface area contributed by atoms with Gasteiger partial charge in [-0.25, -0.2) is 0 Å². The van der Waals surface area contributed by atoms with Gasteiger partial charge in [-0.1, -0.05) is 50.6 Å². The molecule has 0 aromatic heterocycles. The maximum absolute atomic E-state index is 12.2. The third-order valence-corrected chi connectivity index (χ3v) is 3.62. The Balaban J connectivity index is 2.44. The molecular formula is C19H23NO. The van der Waals surface area contributed by atoms with Crippen molar-refractivity contribution in [2.24, 2.45) is 0 Å². The normalized spacial score (nSPS) is 10.4. The van der Waals surface area contributed by atoms with E-state index in [-0.39, 0.29) is 5.78 Å². The quantitative estimate of drug-likeness (QED) is 0.649. The topological polar surface area (TPSA) is 20.3 Å². The van der Waals surface area contributed by atoms with Crippen molar-refractivity contribution in [2.75, 3.05) is 11.4 Å². The number of anilines is 2. The number of para-hydroxylation sites is 2. The minimum absolute atomic E-state index is 0.197. The molecule has 2 rings (SSSR count). The molecule has 2 aromatic carbocycles. The van der Waals surface area contributed by atoms with E-state index in [0.29, 0.717) is 6.42 Å². The lowest BCUT2D eigenvalue weighted by molar-refractivity contribution is 0.0988. The van der Waals surface area contributed by atoms with Crippen LogP contribution in [-0.4, -0.2) is 12.3 Å². The van der Waals surface area contributed by atoms with E-state index in [9.17, 15) is 4.79 Å². The fraction of sp³-hybridized carbons (Fsp3) is 0.316. The van der Waals surface area contributed by atoms with Crippen LogP contribution < -0.4 is 4.90 Å². The van der Waals surface area contributed by atoms with Crippen LogP contribution in [0.4, 0.5) is 11.4 Å². The number of benzene rings is 2. The molecule has 0 saturated carbocycles. The van der Waals surface area contributed by atoms with Gasteiger partial charge in [0.2, 0.25) is 0 Å². The number of Topliss-reactive ketones (excluding diaryl/α,β-unsaturated/α-hetero) is 1. The van der Waals surface area contributed by atoms with Crippen LogP contribution in [0.25, 0.3) is 0 Å².